The van der Waals surface area contributed by atoms with Crippen LogP contribution in [0.1, 0.15) is 25.8 Å². The van der Waals surface area contributed by atoms with Gasteiger partial charge in [0.15, 0.2) is 0 Å². The standard InChI is InChI=1S/C15H20FN3O3/c1-3-12(14(17)21)19-15(22)13(18-9(2)20)8-10-6-4-5-7-11(10)16/h4-7,12-13H,3,8H2,1-2H3,(H2,17,21)(H,18,20)(H,19,22)/t12-,13+/m0/s1. The van der Waals surface area contributed by atoms with Crippen LogP contribution in [0.2, 0.25) is 0 Å². The summed E-state index contributed by atoms with van der Waals surface area (Å²) in [5.41, 5.74) is 5.47. The molecule has 22 heavy (non-hydrogen) atoms. The number of benzene rings is 1. The second-order valence-electron chi connectivity index (χ2n) is 4.92. The minimum absolute atomic E-state index is 0.0206. The quantitative estimate of drug-likeness (QED) is 0.673. The van der Waals surface area contributed by atoms with Gasteiger partial charge in [0.1, 0.15) is 17.9 Å². The number of carbonyl (C=O) groups excluding carboxylic acids is 3. The van der Waals surface area contributed by atoms with E-state index in [4.69, 9.17) is 5.73 Å². The van der Waals surface area contributed by atoms with Crippen LogP contribution in [0.25, 0.3) is 0 Å². The topological polar surface area (TPSA) is 101 Å². The number of amides is 3. The smallest absolute Gasteiger partial charge is 0.243 e. The molecule has 2 atom stereocenters. The molecule has 0 fully saturated rings. The van der Waals surface area contributed by atoms with Crippen molar-refractivity contribution < 1.29 is 18.8 Å². The number of carbonyl (C=O) groups is 3. The third-order valence-corrected chi connectivity index (χ3v) is 3.14. The summed E-state index contributed by atoms with van der Waals surface area (Å²) < 4.78 is 13.7. The maximum Gasteiger partial charge on any atom is 0.243 e. The zero-order valence-corrected chi connectivity index (χ0v) is 12.6. The molecule has 0 aliphatic rings. The van der Waals surface area contributed by atoms with Crippen molar-refractivity contribution >= 4 is 17.7 Å². The molecule has 0 heterocycles. The lowest BCUT2D eigenvalue weighted by Gasteiger charge is -2.21. The van der Waals surface area contributed by atoms with Crippen molar-refractivity contribution in [2.45, 2.75) is 38.8 Å². The number of nitrogens with one attached hydrogen (secondary N) is 2. The second kappa shape index (κ2) is 8.11. The largest absolute Gasteiger partial charge is 0.368 e. The van der Waals surface area contributed by atoms with E-state index >= 15 is 0 Å². The third-order valence-electron chi connectivity index (χ3n) is 3.14. The Hall–Kier alpha value is -2.44. The summed E-state index contributed by atoms with van der Waals surface area (Å²) in [6, 6.07) is 4.16. The lowest BCUT2D eigenvalue weighted by Crippen LogP contribution is -2.53. The molecule has 1 rings (SSSR count). The maximum atomic E-state index is 13.7. The van der Waals surface area contributed by atoms with Gasteiger partial charge in [0.2, 0.25) is 17.7 Å². The molecule has 0 spiro atoms. The Balaban J connectivity index is 2.88. The number of halogens is 1. The lowest BCUT2D eigenvalue weighted by atomic mass is 10.0. The first kappa shape index (κ1) is 17.6. The Morgan fingerprint density at radius 3 is 2.32 bits per heavy atom. The predicted molar refractivity (Wildman–Crippen MR) is 79.1 cm³/mol. The normalized spacial score (nSPS) is 13.0. The van der Waals surface area contributed by atoms with Crippen LogP contribution in [0.3, 0.4) is 0 Å². The van der Waals surface area contributed by atoms with Crippen molar-refractivity contribution in [2.75, 3.05) is 0 Å². The van der Waals surface area contributed by atoms with E-state index in [1.165, 1.54) is 25.1 Å². The molecule has 0 saturated carbocycles. The molecule has 3 amide bonds. The SMILES string of the molecule is CC[C@H](NC(=O)[C@@H](Cc1ccccc1F)NC(C)=O)C(N)=O. The van der Waals surface area contributed by atoms with E-state index in [1.54, 1.807) is 13.0 Å². The molecule has 0 saturated heterocycles. The van der Waals surface area contributed by atoms with Gasteiger partial charge in [-0.05, 0) is 18.1 Å². The van der Waals surface area contributed by atoms with Crippen molar-refractivity contribution in [3.05, 3.63) is 35.6 Å². The van der Waals surface area contributed by atoms with Gasteiger partial charge in [-0.1, -0.05) is 25.1 Å². The van der Waals surface area contributed by atoms with E-state index in [0.717, 1.165) is 0 Å². The van der Waals surface area contributed by atoms with Gasteiger partial charge in [-0.25, -0.2) is 4.39 Å². The summed E-state index contributed by atoms with van der Waals surface area (Å²) in [5, 5.41) is 4.91. The second-order valence-corrected chi connectivity index (χ2v) is 4.92. The first-order valence-electron chi connectivity index (χ1n) is 6.95. The molecule has 7 heteroatoms. The first-order valence-corrected chi connectivity index (χ1v) is 6.95. The molecule has 4 N–H and O–H groups in total. The molecule has 0 unspecified atom stereocenters. The Kier molecular flexibility index (Phi) is 6.49. The fourth-order valence-electron chi connectivity index (χ4n) is 1.99. The van der Waals surface area contributed by atoms with Crippen molar-refractivity contribution in [2.24, 2.45) is 5.73 Å². The highest BCUT2D eigenvalue weighted by atomic mass is 19.1. The summed E-state index contributed by atoms with van der Waals surface area (Å²) in [4.78, 5) is 34.6. The minimum atomic E-state index is -0.984. The van der Waals surface area contributed by atoms with Crippen LogP contribution >= 0.6 is 0 Å². The number of hydrogen-bond acceptors (Lipinski definition) is 3. The number of primary amides is 1. The van der Waals surface area contributed by atoms with Crippen molar-refractivity contribution in [1.29, 1.82) is 0 Å². The number of hydrogen-bond donors (Lipinski definition) is 3. The van der Waals surface area contributed by atoms with Crippen LogP contribution in [-0.4, -0.2) is 29.8 Å². The fraction of sp³-hybridized carbons (Fsp3) is 0.400. The summed E-state index contributed by atoms with van der Waals surface area (Å²) in [6.45, 7) is 2.95. The molecule has 1 aromatic carbocycles. The monoisotopic (exact) mass is 309 g/mol. The Labute approximate surface area is 128 Å². The Bertz CT molecular complexity index is 563. The van der Waals surface area contributed by atoms with E-state index in [0.29, 0.717) is 12.0 Å². The maximum absolute atomic E-state index is 13.7. The Morgan fingerprint density at radius 2 is 1.82 bits per heavy atom. The Morgan fingerprint density at radius 1 is 1.18 bits per heavy atom. The van der Waals surface area contributed by atoms with E-state index in [2.05, 4.69) is 10.6 Å². The van der Waals surface area contributed by atoms with Gasteiger partial charge in [-0.2, -0.15) is 0 Å². The van der Waals surface area contributed by atoms with Crippen LogP contribution in [0.15, 0.2) is 24.3 Å². The molecule has 0 aromatic heterocycles. The highest BCUT2D eigenvalue weighted by Gasteiger charge is 2.25. The molecule has 0 aliphatic heterocycles. The highest BCUT2D eigenvalue weighted by molar-refractivity contribution is 5.91. The van der Waals surface area contributed by atoms with Gasteiger partial charge in [0.25, 0.3) is 0 Å². The average Bonchev–Trinajstić information content (AvgIpc) is 2.45. The minimum Gasteiger partial charge on any atom is -0.368 e. The summed E-state index contributed by atoms with van der Waals surface area (Å²) in [6.07, 6.45) is 0.306. The van der Waals surface area contributed by atoms with Gasteiger partial charge in [0, 0.05) is 13.3 Å². The van der Waals surface area contributed by atoms with E-state index in [1.807, 2.05) is 0 Å². The zero-order chi connectivity index (χ0) is 16.7. The highest BCUT2D eigenvalue weighted by Crippen LogP contribution is 2.09. The molecular formula is C15H20FN3O3. The molecule has 0 bridgehead atoms. The average molecular weight is 309 g/mol. The first-order chi connectivity index (χ1) is 10.3. The van der Waals surface area contributed by atoms with Crippen molar-refractivity contribution in [3.8, 4) is 0 Å². The predicted octanol–water partition coefficient (Wildman–Crippen LogP) is 0.253. The molecule has 0 aliphatic carbocycles. The van der Waals surface area contributed by atoms with Crippen molar-refractivity contribution in [3.63, 3.8) is 0 Å². The third kappa shape index (κ3) is 5.16. The van der Waals surface area contributed by atoms with Crippen LogP contribution in [0.4, 0.5) is 4.39 Å². The van der Waals surface area contributed by atoms with Gasteiger partial charge < -0.3 is 16.4 Å². The van der Waals surface area contributed by atoms with Crippen LogP contribution in [0.5, 0.6) is 0 Å². The van der Waals surface area contributed by atoms with E-state index in [9.17, 15) is 18.8 Å². The zero-order valence-electron chi connectivity index (χ0n) is 12.6. The molecular weight excluding hydrogens is 289 g/mol. The number of nitrogens with two attached hydrogens (primary N) is 1. The van der Waals surface area contributed by atoms with Crippen LogP contribution < -0.4 is 16.4 Å². The molecule has 120 valence electrons. The summed E-state index contributed by atoms with van der Waals surface area (Å²) in [7, 11) is 0. The van der Waals surface area contributed by atoms with Gasteiger partial charge in [-0.15, -0.1) is 0 Å². The lowest BCUT2D eigenvalue weighted by molar-refractivity contribution is -0.130. The molecule has 0 radical (unpaired) electrons. The van der Waals surface area contributed by atoms with E-state index in [-0.39, 0.29) is 6.42 Å². The number of rotatable bonds is 7. The van der Waals surface area contributed by atoms with Gasteiger partial charge in [-0.3, -0.25) is 14.4 Å². The molecule has 1 aromatic rings. The van der Waals surface area contributed by atoms with Crippen molar-refractivity contribution in [1.82, 2.24) is 10.6 Å². The van der Waals surface area contributed by atoms with E-state index < -0.39 is 35.6 Å². The molecule has 6 nitrogen and oxygen atoms in total. The summed E-state index contributed by atoms with van der Waals surface area (Å²) >= 11 is 0. The van der Waals surface area contributed by atoms with Crippen LogP contribution in [-0.2, 0) is 20.8 Å². The van der Waals surface area contributed by atoms with Crippen LogP contribution in [0, 0.1) is 5.82 Å². The van der Waals surface area contributed by atoms with Gasteiger partial charge in [0.05, 0.1) is 0 Å². The van der Waals surface area contributed by atoms with Gasteiger partial charge >= 0.3 is 0 Å². The summed E-state index contributed by atoms with van der Waals surface area (Å²) in [5.74, 6) is -2.14. The fourth-order valence-corrected chi connectivity index (χ4v) is 1.99.